The topological polar surface area (TPSA) is 105 Å². The zero-order valence-electron chi connectivity index (χ0n) is 12.4. The fourth-order valence-corrected chi connectivity index (χ4v) is 2.66. The average Bonchev–Trinajstić information content (AvgIpc) is 2.50. The van der Waals surface area contributed by atoms with Crippen molar-refractivity contribution >= 4 is 43.1 Å². The Morgan fingerprint density at radius 2 is 1.92 bits per heavy atom. The monoisotopic (exact) mass is 444 g/mol. The number of aromatic nitrogens is 2. The molecule has 0 spiro atoms. The molecule has 13 heteroatoms. The third-order valence-corrected chi connectivity index (χ3v) is 4.42. The molecular weight excluding hydrogens is 437 g/mol. The average molecular weight is 445 g/mol. The van der Waals surface area contributed by atoms with Gasteiger partial charge >= 0.3 is 21.6 Å². The number of esters is 1. The number of hydrogen-bond acceptors (Lipinski definition) is 7. The Labute approximate surface area is 146 Å². The number of nitrogens with zero attached hydrogens (tertiary/aromatic N) is 2. The van der Waals surface area contributed by atoms with Crippen LogP contribution in [-0.4, -0.2) is 36.6 Å². The van der Waals surface area contributed by atoms with Gasteiger partial charge in [-0.05, 0) is 28.1 Å². The molecule has 8 nitrogen and oxygen atoms in total. The van der Waals surface area contributed by atoms with Crippen molar-refractivity contribution in [2.45, 2.75) is 5.51 Å². The number of ether oxygens (including phenoxy) is 1. The largest absolute Gasteiger partial charge is 0.534 e. The molecule has 2 heterocycles. The number of halogens is 4. The zero-order chi connectivity index (χ0) is 19.2. The summed E-state index contributed by atoms with van der Waals surface area (Å²) in [7, 11) is -4.08. The van der Waals surface area contributed by atoms with Crippen LogP contribution in [0.2, 0.25) is 0 Å². The number of carbonyl (C=O) groups excluding carboxylic acids is 1. The highest BCUT2D eigenvalue weighted by Gasteiger charge is 2.49. The van der Waals surface area contributed by atoms with Gasteiger partial charge < -0.3 is 13.5 Å². The van der Waals surface area contributed by atoms with Gasteiger partial charge in [0.2, 0.25) is 0 Å². The maximum atomic E-state index is 12.7. The van der Waals surface area contributed by atoms with Gasteiger partial charge in [0.15, 0.2) is 11.3 Å². The summed E-state index contributed by atoms with van der Waals surface area (Å²) in [5.74, 6) is -2.54. The summed E-state index contributed by atoms with van der Waals surface area (Å²) in [6.07, 6.45) is 0. The molecule has 25 heavy (non-hydrogen) atoms. The van der Waals surface area contributed by atoms with E-state index in [0.717, 1.165) is 11.7 Å². The Kier molecular flexibility index (Phi) is 4.83. The number of pyridine rings is 2. The highest BCUT2D eigenvalue weighted by Crippen LogP contribution is 2.33. The lowest BCUT2D eigenvalue weighted by atomic mass is 10.2. The Morgan fingerprint density at radius 3 is 2.44 bits per heavy atom. The quantitative estimate of drug-likeness (QED) is 0.307. The van der Waals surface area contributed by atoms with Gasteiger partial charge in [-0.1, -0.05) is 0 Å². The van der Waals surface area contributed by atoms with E-state index < -0.39 is 44.0 Å². The molecular formula is C12H8BrF3N2O6S. The minimum atomic E-state index is -6.16. The molecule has 0 saturated heterocycles. The first-order chi connectivity index (χ1) is 11.4. The zero-order valence-corrected chi connectivity index (χ0v) is 14.8. The Bertz CT molecular complexity index is 1030. The summed E-state index contributed by atoms with van der Waals surface area (Å²) in [5, 5.41) is 0. The van der Waals surface area contributed by atoms with E-state index in [2.05, 4.69) is 29.8 Å². The number of methoxy groups -OCH3 is 1. The van der Waals surface area contributed by atoms with E-state index in [0.29, 0.717) is 0 Å². The highest BCUT2D eigenvalue weighted by atomic mass is 79.9. The van der Waals surface area contributed by atoms with E-state index in [-0.39, 0.29) is 10.1 Å². The first-order valence-electron chi connectivity index (χ1n) is 6.19. The van der Waals surface area contributed by atoms with Gasteiger partial charge in [-0.2, -0.15) is 21.6 Å². The lowest BCUT2D eigenvalue weighted by molar-refractivity contribution is -0.0500. The Balaban J connectivity index is 2.97. The SMILES string of the molecule is COC(=O)c1c(OS(=O)(=O)C(F)(F)F)c2nc(Br)ccc2n(C)c1=O. The van der Waals surface area contributed by atoms with Crippen molar-refractivity contribution < 1.29 is 35.3 Å². The van der Waals surface area contributed by atoms with E-state index in [1.54, 1.807) is 0 Å². The predicted molar refractivity (Wildman–Crippen MR) is 81.6 cm³/mol. The van der Waals surface area contributed by atoms with Gasteiger partial charge in [0.25, 0.3) is 5.56 Å². The molecule has 2 aromatic rings. The van der Waals surface area contributed by atoms with Gasteiger partial charge in [0.05, 0.1) is 12.6 Å². The number of aryl methyl sites for hydroxylation is 1. The van der Waals surface area contributed by atoms with Crippen LogP contribution in [0.3, 0.4) is 0 Å². The van der Waals surface area contributed by atoms with Crippen molar-refractivity contribution in [3.05, 3.63) is 32.7 Å². The molecule has 0 aliphatic carbocycles. The third-order valence-electron chi connectivity index (χ3n) is 3.03. The van der Waals surface area contributed by atoms with Crippen molar-refractivity contribution in [1.82, 2.24) is 9.55 Å². The standard InChI is InChI=1S/C12H8BrF3N2O6S/c1-18-5-3-4-6(13)17-8(5)9(7(10(18)19)11(20)23-2)24-25(21,22)12(14,15)16/h3-4H,1-2H3. The number of fused-ring (bicyclic) bond motifs is 1. The predicted octanol–water partition coefficient (Wildman–Crippen LogP) is 1.71. The molecule has 0 aromatic carbocycles. The lowest BCUT2D eigenvalue weighted by Crippen LogP contribution is -2.32. The molecule has 0 fully saturated rings. The van der Waals surface area contributed by atoms with Crippen LogP contribution in [0, 0.1) is 0 Å². The molecule has 0 bridgehead atoms. The van der Waals surface area contributed by atoms with E-state index >= 15 is 0 Å². The molecule has 136 valence electrons. The van der Waals surface area contributed by atoms with Crippen LogP contribution >= 0.6 is 15.9 Å². The third kappa shape index (κ3) is 3.33. The summed E-state index contributed by atoms with van der Waals surface area (Å²) in [5.41, 5.74) is -8.44. The molecule has 2 rings (SSSR count). The normalized spacial score (nSPS) is 12.2. The van der Waals surface area contributed by atoms with Crippen molar-refractivity contribution in [2.75, 3.05) is 7.11 Å². The minimum Gasteiger partial charge on any atom is -0.465 e. The number of alkyl halides is 3. The highest BCUT2D eigenvalue weighted by molar-refractivity contribution is 9.10. The minimum absolute atomic E-state index is 0.0618. The second kappa shape index (κ2) is 6.29. The van der Waals surface area contributed by atoms with Crippen LogP contribution in [0.25, 0.3) is 11.0 Å². The maximum absolute atomic E-state index is 12.7. The second-order valence-corrected chi connectivity index (χ2v) is 6.90. The fourth-order valence-electron chi connectivity index (χ4n) is 1.88. The number of rotatable bonds is 3. The van der Waals surface area contributed by atoms with Gasteiger partial charge in [-0.15, -0.1) is 0 Å². The molecule has 0 aliphatic heterocycles. The Morgan fingerprint density at radius 1 is 1.32 bits per heavy atom. The summed E-state index contributed by atoms with van der Waals surface area (Å²) >= 11 is 2.97. The lowest BCUT2D eigenvalue weighted by Gasteiger charge is -2.15. The molecule has 0 unspecified atom stereocenters. The summed E-state index contributed by atoms with van der Waals surface area (Å²) in [6.45, 7) is 0. The van der Waals surface area contributed by atoms with Gasteiger partial charge in [0.1, 0.15) is 10.1 Å². The second-order valence-electron chi connectivity index (χ2n) is 4.54. The van der Waals surface area contributed by atoms with E-state index in [1.165, 1.54) is 19.2 Å². The summed E-state index contributed by atoms with van der Waals surface area (Å²) < 4.78 is 70.1. The van der Waals surface area contributed by atoms with Crippen LogP contribution in [0.1, 0.15) is 10.4 Å². The molecule has 0 radical (unpaired) electrons. The van der Waals surface area contributed by atoms with Crippen molar-refractivity contribution in [3.63, 3.8) is 0 Å². The van der Waals surface area contributed by atoms with Crippen LogP contribution in [0.5, 0.6) is 5.75 Å². The molecule has 0 amide bonds. The van der Waals surface area contributed by atoms with Gasteiger partial charge in [0, 0.05) is 7.05 Å². The number of carbonyl (C=O) groups is 1. The molecule has 2 aromatic heterocycles. The maximum Gasteiger partial charge on any atom is 0.534 e. The fraction of sp³-hybridized carbons (Fsp3) is 0.250. The van der Waals surface area contributed by atoms with Crippen LogP contribution in [0.15, 0.2) is 21.5 Å². The summed E-state index contributed by atoms with van der Waals surface area (Å²) in [6, 6.07) is 2.64. The van der Waals surface area contributed by atoms with Crippen molar-refractivity contribution in [3.8, 4) is 5.75 Å². The van der Waals surface area contributed by atoms with Crippen LogP contribution in [-0.2, 0) is 21.9 Å². The van der Waals surface area contributed by atoms with E-state index in [4.69, 9.17) is 0 Å². The van der Waals surface area contributed by atoms with Crippen molar-refractivity contribution in [2.24, 2.45) is 7.05 Å². The first kappa shape index (κ1) is 19.2. The smallest absolute Gasteiger partial charge is 0.465 e. The molecule has 0 aliphatic rings. The van der Waals surface area contributed by atoms with Gasteiger partial charge in [-0.25, -0.2) is 9.78 Å². The van der Waals surface area contributed by atoms with E-state index in [9.17, 15) is 31.2 Å². The number of hydrogen-bond donors (Lipinski definition) is 0. The first-order valence-corrected chi connectivity index (χ1v) is 8.39. The van der Waals surface area contributed by atoms with Gasteiger partial charge in [-0.3, -0.25) is 4.79 Å². The summed E-state index contributed by atoms with van der Waals surface area (Å²) in [4.78, 5) is 27.9. The molecule has 0 N–H and O–H groups in total. The molecule has 0 saturated carbocycles. The molecule has 0 atom stereocenters. The van der Waals surface area contributed by atoms with E-state index in [1.807, 2.05) is 0 Å². The van der Waals surface area contributed by atoms with Crippen molar-refractivity contribution in [1.29, 1.82) is 0 Å². The van der Waals surface area contributed by atoms with Crippen LogP contribution < -0.4 is 9.74 Å². The Hall–Kier alpha value is -2.15. The van der Waals surface area contributed by atoms with Crippen LogP contribution in [0.4, 0.5) is 13.2 Å².